The Bertz CT molecular complexity index is 1140. The number of hydrogen-bond acceptors (Lipinski definition) is 5. The average molecular weight is 404 g/mol. The average Bonchev–Trinajstić information content (AvgIpc) is 3.18. The second kappa shape index (κ2) is 8.28. The van der Waals surface area contributed by atoms with Crippen LogP contribution < -0.4 is 5.32 Å². The van der Waals surface area contributed by atoms with Gasteiger partial charge in [-0.05, 0) is 24.1 Å². The van der Waals surface area contributed by atoms with Crippen LogP contribution in [0.15, 0.2) is 67.1 Å². The number of anilines is 1. The number of thiazole rings is 1. The van der Waals surface area contributed by atoms with Crippen LogP contribution in [0.3, 0.4) is 0 Å². The van der Waals surface area contributed by atoms with E-state index in [-0.39, 0.29) is 11.7 Å². The molecule has 0 aliphatic rings. The summed E-state index contributed by atoms with van der Waals surface area (Å²) in [5.41, 5.74) is 2.71. The highest BCUT2D eigenvalue weighted by Gasteiger charge is 2.12. The van der Waals surface area contributed by atoms with Gasteiger partial charge in [-0.15, -0.1) is 11.3 Å². The van der Waals surface area contributed by atoms with E-state index in [0.29, 0.717) is 28.5 Å². The molecule has 0 aliphatic heterocycles. The molecule has 0 saturated heterocycles. The number of halogens is 1. The van der Waals surface area contributed by atoms with Crippen LogP contribution in [0.2, 0.25) is 0 Å². The van der Waals surface area contributed by atoms with Crippen molar-refractivity contribution in [2.45, 2.75) is 13.3 Å². The number of rotatable bonds is 5. The number of aryl methyl sites for hydroxylation is 1. The van der Waals surface area contributed by atoms with Gasteiger partial charge in [-0.1, -0.05) is 42.5 Å². The molecule has 144 valence electrons. The lowest BCUT2D eigenvalue weighted by Gasteiger charge is -2.03. The summed E-state index contributed by atoms with van der Waals surface area (Å²) in [6.45, 7) is 1.73. The van der Waals surface area contributed by atoms with E-state index >= 15 is 0 Å². The number of nitrogens with one attached hydrogen (secondary N) is 1. The molecule has 0 bridgehead atoms. The van der Waals surface area contributed by atoms with Crippen LogP contribution in [0.1, 0.15) is 26.4 Å². The van der Waals surface area contributed by atoms with Gasteiger partial charge in [0.15, 0.2) is 11.0 Å². The molecule has 0 saturated carbocycles. The van der Waals surface area contributed by atoms with E-state index in [4.69, 9.17) is 0 Å². The van der Waals surface area contributed by atoms with Crippen LogP contribution in [0.4, 0.5) is 9.52 Å². The Morgan fingerprint density at radius 2 is 1.79 bits per heavy atom. The highest BCUT2D eigenvalue weighted by Crippen LogP contribution is 2.23. The van der Waals surface area contributed by atoms with Gasteiger partial charge in [-0.2, -0.15) is 0 Å². The fourth-order valence-corrected chi connectivity index (χ4v) is 3.59. The van der Waals surface area contributed by atoms with Crippen molar-refractivity contribution in [2.24, 2.45) is 0 Å². The molecule has 1 N–H and O–H groups in total. The van der Waals surface area contributed by atoms with Crippen LogP contribution in [0, 0.1) is 12.7 Å². The molecule has 0 atom stereocenters. The molecule has 0 fully saturated rings. The second-order valence-corrected chi connectivity index (χ2v) is 7.62. The first-order valence-electron chi connectivity index (χ1n) is 8.97. The molecule has 2 aromatic carbocycles. The van der Waals surface area contributed by atoms with Crippen LogP contribution in [0.25, 0.3) is 11.4 Å². The number of benzene rings is 2. The van der Waals surface area contributed by atoms with Crippen LogP contribution in [-0.2, 0) is 6.42 Å². The Morgan fingerprint density at radius 3 is 2.52 bits per heavy atom. The van der Waals surface area contributed by atoms with Gasteiger partial charge in [0.25, 0.3) is 5.91 Å². The molecular formula is C22H17FN4OS. The first-order valence-corrected chi connectivity index (χ1v) is 9.79. The van der Waals surface area contributed by atoms with E-state index in [1.54, 1.807) is 19.2 Å². The third kappa shape index (κ3) is 4.52. The molecule has 1 amide bonds. The first kappa shape index (κ1) is 18.9. The summed E-state index contributed by atoms with van der Waals surface area (Å²) >= 11 is 1.35. The highest BCUT2D eigenvalue weighted by molar-refractivity contribution is 7.15. The van der Waals surface area contributed by atoms with E-state index in [1.807, 2.05) is 36.4 Å². The van der Waals surface area contributed by atoms with Gasteiger partial charge in [0.05, 0.1) is 5.56 Å². The van der Waals surface area contributed by atoms with Crippen LogP contribution in [-0.4, -0.2) is 20.9 Å². The Morgan fingerprint density at radius 1 is 1.03 bits per heavy atom. The molecule has 4 aromatic rings. The van der Waals surface area contributed by atoms with Gasteiger partial charge in [-0.25, -0.2) is 19.3 Å². The standard InChI is InChI=1S/C22H17FN4OS/c1-14-7-8-15(10-19(14)23)9-18-13-26-22(29-18)27-21(28)17-11-24-20(25-12-17)16-5-3-2-4-6-16/h2-8,10-13H,9H2,1H3,(H,26,27,28). The Hall–Kier alpha value is -3.45. The molecule has 5 nitrogen and oxygen atoms in total. The third-order valence-corrected chi connectivity index (χ3v) is 5.25. The van der Waals surface area contributed by atoms with Crippen molar-refractivity contribution in [2.75, 3.05) is 5.32 Å². The Kier molecular flexibility index (Phi) is 5.39. The van der Waals surface area contributed by atoms with Crippen molar-refractivity contribution in [1.29, 1.82) is 0 Å². The molecule has 29 heavy (non-hydrogen) atoms. The molecule has 0 spiro atoms. The van der Waals surface area contributed by atoms with Gasteiger partial charge in [0.2, 0.25) is 0 Å². The number of hydrogen-bond donors (Lipinski definition) is 1. The normalized spacial score (nSPS) is 10.7. The fourth-order valence-electron chi connectivity index (χ4n) is 2.75. The minimum atomic E-state index is -0.327. The molecule has 0 radical (unpaired) electrons. The minimum absolute atomic E-state index is 0.223. The molecule has 2 aromatic heterocycles. The van der Waals surface area contributed by atoms with Gasteiger partial charge in [0.1, 0.15) is 5.82 Å². The maximum atomic E-state index is 13.7. The number of nitrogens with zero attached hydrogens (tertiary/aromatic N) is 3. The summed E-state index contributed by atoms with van der Waals surface area (Å²) in [5.74, 6) is 0.00963. The predicted molar refractivity (Wildman–Crippen MR) is 111 cm³/mol. The summed E-state index contributed by atoms with van der Waals surface area (Å²) in [6.07, 6.45) is 5.23. The molecule has 2 heterocycles. The zero-order valence-electron chi connectivity index (χ0n) is 15.6. The lowest BCUT2D eigenvalue weighted by molar-refractivity contribution is 0.102. The largest absolute Gasteiger partial charge is 0.298 e. The van der Waals surface area contributed by atoms with Crippen molar-refractivity contribution in [1.82, 2.24) is 15.0 Å². The highest BCUT2D eigenvalue weighted by atomic mass is 32.1. The van der Waals surface area contributed by atoms with Crippen molar-refractivity contribution < 1.29 is 9.18 Å². The summed E-state index contributed by atoms with van der Waals surface area (Å²) in [7, 11) is 0. The van der Waals surface area contributed by atoms with Gasteiger partial charge >= 0.3 is 0 Å². The first-order chi connectivity index (χ1) is 14.1. The van der Waals surface area contributed by atoms with E-state index in [2.05, 4.69) is 20.3 Å². The fraction of sp³-hybridized carbons (Fsp3) is 0.0909. The number of carbonyl (C=O) groups is 1. The molecule has 0 unspecified atom stereocenters. The number of carbonyl (C=O) groups excluding carboxylic acids is 1. The van der Waals surface area contributed by atoms with Gasteiger partial charge in [-0.3, -0.25) is 10.1 Å². The lowest BCUT2D eigenvalue weighted by atomic mass is 10.1. The van der Waals surface area contributed by atoms with Gasteiger partial charge < -0.3 is 0 Å². The summed E-state index contributed by atoms with van der Waals surface area (Å²) in [4.78, 5) is 26.1. The summed E-state index contributed by atoms with van der Waals surface area (Å²) in [5, 5.41) is 3.24. The molecule has 4 rings (SSSR count). The van der Waals surface area contributed by atoms with Crippen molar-refractivity contribution in [3.05, 3.63) is 94.5 Å². The number of amides is 1. The van der Waals surface area contributed by atoms with Crippen LogP contribution >= 0.6 is 11.3 Å². The monoisotopic (exact) mass is 404 g/mol. The summed E-state index contributed by atoms with van der Waals surface area (Å²) < 4.78 is 13.7. The Balaban J connectivity index is 1.41. The lowest BCUT2D eigenvalue weighted by Crippen LogP contribution is -2.12. The predicted octanol–water partition coefficient (Wildman–Crippen LogP) is 4.89. The van der Waals surface area contributed by atoms with E-state index < -0.39 is 0 Å². The van der Waals surface area contributed by atoms with Crippen molar-refractivity contribution in [3.63, 3.8) is 0 Å². The smallest absolute Gasteiger partial charge is 0.260 e. The molecule has 7 heteroatoms. The maximum Gasteiger partial charge on any atom is 0.260 e. The zero-order chi connectivity index (χ0) is 20.2. The quantitative estimate of drug-likeness (QED) is 0.514. The Labute approximate surface area is 171 Å². The van der Waals surface area contributed by atoms with Gasteiger partial charge in [0, 0.05) is 35.5 Å². The summed E-state index contributed by atoms with van der Waals surface area (Å²) in [6, 6.07) is 14.7. The van der Waals surface area contributed by atoms with Crippen LogP contribution in [0.5, 0.6) is 0 Å². The SMILES string of the molecule is Cc1ccc(Cc2cnc(NC(=O)c3cnc(-c4ccccc4)nc3)s2)cc1F. The molecule has 0 aliphatic carbocycles. The van der Waals surface area contributed by atoms with Crippen molar-refractivity contribution in [3.8, 4) is 11.4 Å². The van der Waals surface area contributed by atoms with E-state index in [9.17, 15) is 9.18 Å². The topological polar surface area (TPSA) is 67.8 Å². The van der Waals surface area contributed by atoms with Crippen molar-refractivity contribution >= 4 is 22.4 Å². The minimum Gasteiger partial charge on any atom is -0.298 e. The van der Waals surface area contributed by atoms with E-state index in [0.717, 1.165) is 16.0 Å². The maximum absolute atomic E-state index is 13.7. The van der Waals surface area contributed by atoms with E-state index in [1.165, 1.54) is 29.8 Å². The third-order valence-electron chi connectivity index (χ3n) is 4.33. The number of aromatic nitrogens is 3. The zero-order valence-corrected chi connectivity index (χ0v) is 16.4. The second-order valence-electron chi connectivity index (χ2n) is 6.51. The molecular weight excluding hydrogens is 387 g/mol.